The van der Waals surface area contributed by atoms with Crippen molar-refractivity contribution >= 4 is 28.3 Å². The number of anilines is 1. The largest absolute Gasteiger partial charge is 0.480 e. The van der Waals surface area contributed by atoms with Crippen molar-refractivity contribution in [2.75, 3.05) is 11.9 Å². The molecule has 1 aromatic heterocycles. The van der Waals surface area contributed by atoms with Crippen LogP contribution in [0.1, 0.15) is 39.2 Å². The van der Waals surface area contributed by atoms with E-state index in [1.807, 2.05) is 5.38 Å². The van der Waals surface area contributed by atoms with E-state index in [1.54, 1.807) is 0 Å². The molecule has 0 saturated carbocycles. The number of thiazole rings is 1. The minimum atomic E-state index is -0.865. The molecule has 0 bridgehead atoms. The van der Waals surface area contributed by atoms with Crippen molar-refractivity contribution in [1.82, 2.24) is 10.3 Å². The molecule has 2 atom stereocenters. The van der Waals surface area contributed by atoms with Crippen LogP contribution in [0.3, 0.4) is 0 Å². The predicted octanol–water partition coefficient (Wildman–Crippen LogP) is 3.50. The molecule has 3 rings (SSSR count). The van der Waals surface area contributed by atoms with E-state index in [0.717, 1.165) is 11.3 Å². The fourth-order valence-corrected chi connectivity index (χ4v) is 3.83. The van der Waals surface area contributed by atoms with Crippen LogP contribution in [0.4, 0.5) is 5.13 Å². The van der Waals surface area contributed by atoms with Crippen LogP contribution in [-0.4, -0.2) is 34.6 Å². The van der Waals surface area contributed by atoms with E-state index in [9.17, 15) is 9.59 Å². The van der Waals surface area contributed by atoms with Gasteiger partial charge in [0.05, 0.1) is 11.6 Å². The number of rotatable bonds is 4. The first kappa shape index (κ1) is 19.5. The van der Waals surface area contributed by atoms with Crippen molar-refractivity contribution in [2.45, 2.75) is 45.1 Å². The first-order valence-corrected chi connectivity index (χ1v) is 9.95. The lowest BCUT2D eigenvalue weighted by atomic mass is 9.86. The monoisotopic (exact) mass is 387 g/mol. The minimum absolute atomic E-state index is 0.105. The Hall–Kier alpha value is -2.25. The van der Waals surface area contributed by atoms with Crippen molar-refractivity contribution in [3.8, 4) is 11.3 Å². The van der Waals surface area contributed by atoms with E-state index in [2.05, 4.69) is 60.7 Å². The molecule has 0 radical (unpaired) electrons. The van der Waals surface area contributed by atoms with E-state index in [1.165, 1.54) is 16.9 Å². The zero-order chi connectivity index (χ0) is 19.6. The molecule has 1 amide bonds. The normalized spacial score (nSPS) is 20.3. The second kappa shape index (κ2) is 7.78. The topological polar surface area (TPSA) is 91.3 Å². The highest BCUT2D eigenvalue weighted by molar-refractivity contribution is 7.14. The van der Waals surface area contributed by atoms with Crippen LogP contribution in [0.2, 0.25) is 0 Å². The van der Waals surface area contributed by atoms with Crippen molar-refractivity contribution in [3.63, 3.8) is 0 Å². The van der Waals surface area contributed by atoms with Crippen molar-refractivity contribution < 1.29 is 14.7 Å². The summed E-state index contributed by atoms with van der Waals surface area (Å²) in [6.07, 6.45) is 1.01. The molecule has 1 fully saturated rings. The maximum Gasteiger partial charge on any atom is 0.320 e. The molecule has 7 heteroatoms. The van der Waals surface area contributed by atoms with Gasteiger partial charge in [-0.2, -0.15) is 0 Å². The third kappa shape index (κ3) is 4.73. The van der Waals surface area contributed by atoms with Gasteiger partial charge in [0.15, 0.2) is 5.13 Å². The quantitative estimate of drug-likeness (QED) is 0.747. The first-order valence-electron chi connectivity index (χ1n) is 9.07. The van der Waals surface area contributed by atoms with Crippen LogP contribution >= 0.6 is 11.3 Å². The lowest BCUT2D eigenvalue weighted by Crippen LogP contribution is -2.46. The number of aliphatic carboxylic acids is 1. The fourth-order valence-electron chi connectivity index (χ4n) is 3.10. The molecule has 0 spiro atoms. The lowest BCUT2D eigenvalue weighted by molar-refractivity contribution is -0.141. The van der Waals surface area contributed by atoms with E-state index in [0.29, 0.717) is 24.5 Å². The first-order chi connectivity index (χ1) is 12.7. The van der Waals surface area contributed by atoms with Crippen molar-refractivity contribution in [1.29, 1.82) is 0 Å². The van der Waals surface area contributed by atoms with E-state index < -0.39 is 12.0 Å². The average Bonchev–Trinajstić information content (AvgIpc) is 3.09. The van der Waals surface area contributed by atoms with Gasteiger partial charge in [-0.3, -0.25) is 9.59 Å². The molecule has 27 heavy (non-hydrogen) atoms. The molecule has 1 aliphatic heterocycles. The van der Waals surface area contributed by atoms with E-state index in [-0.39, 0.29) is 17.2 Å². The molecule has 2 heterocycles. The molecule has 1 saturated heterocycles. The summed E-state index contributed by atoms with van der Waals surface area (Å²) in [7, 11) is 0. The highest BCUT2D eigenvalue weighted by Crippen LogP contribution is 2.29. The molecule has 6 nitrogen and oxygen atoms in total. The number of carbonyl (C=O) groups excluding carboxylic acids is 1. The number of benzene rings is 1. The Bertz CT molecular complexity index is 816. The predicted molar refractivity (Wildman–Crippen MR) is 107 cm³/mol. The van der Waals surface area contributed by atoms with Crippen LogP contribution in [-0.2, 0) is 15.0 Å². The number of hydrogen-bond acceptors (Lipinski definition) is 5. The number of piperidine rings is 1. The van der Waals surface area contributed by atoms with Gasteiger partial charge in [-0.1, -0.05) is 45.0 Å². The smallest absolute Gasteiger partial charge is 0.320 e. The number of amides is 1. The van der Waals surface area contributed by atoms with E-state index in [4.69, 9.17) is 5.11 Å². The fraction of sp³-hybridized carbons (Fsp3) is 0.450. The maximum atomic E-state index is 12.4. The number of nitrogens with zero attached hydrogens (tertiary/aromatic N) is 1. The van der Waals surface area contributed by atoms with Gasteiger partial charge in [0, 0.05) is 17.5 Å². The number of hydrogen-bond donors (Lipinski definition) is 3. The Morgan fingerprint density at radius 3 is 2.48 bits per heavy atom. The van der Waals surface area contributed by atoms with Gasteiger partial charge < -0.3 is 15.7 Å². The second-order valence-corrected chi connectivity index (χ2v) is 8.79. The lowest BCUT2D eigenvalue weighted by Gasteiger charge is -2.26. The molecular weight excluding hydrogens is 362 g/mol. The summed E-state index contributed by atoms with van der Waals surface area (Å²) in [6.45, 7) is 6.90. The molecule has 2 aromatic rings. The standard InChI is InChI=1S/C20H25N3O3S/c1-20(2,3)14-7-4-12(5-8-14)16-11-27-19(22-16)23-17(24)13-6-9-15(18(25)26)21-10-13/h4-5,7-8,11,13,15,21H,6,9-10H2,1-3H3,(H,25,26)(H,22,23,24). The van der Waals surface area contributed by atoms with Gasteiger partial charge >= 0.3 is 5.97 Å². The summed E-state index contributed by atoms with van der Waals surface area (Å²) >= 11 is 1.39. The summed E-state index contributed by atoms with van der Waals surface area (Å²) in [5.74, 6) is -1.22. The summed E-state index contributed by atoms with van der Waals surface area (Å²) in [5, 5.41) is 17.3. The second-order valence-electron chi connectivity index (χ2n) is 7.93. The number of nitrogens with one attached hydrogen (secondary N) is 2. The van der Waals surface area contributed by atoms with Gasteiger partial charge in [-0.15, -0.1) is 11.3 Å². The molecule has 1 aliphatic rings. The van der Waals surface area contributed by atoms with Crippen LogP contribution < -0.4 is 10.6 Å². The molecule has 0 aliphatic carbocycles. The maximum absolute atomic E-state index is 12.4. The van der Waals surface area contributed by atoms with Gasteiger partial charge in [-0.05, 0) is 23.8 Å². The van der Waals surface area contributed by atoms with Crippen LogP contribution in [0.5, 0.6) is 0 Å². The van der Waals surface area contributed by atoms with Gasteiger partial charge in [0.25, 0.3) is 0 Å². The minimum Gasteiger partial charge on any atom is -0.480 e. The zero-order valence-corrected chi connectivity index (χ0v) is 16.6. The van der Waals surface area contributed by atoms with Crippen LogP contribution in [0.15, 0.2) is 29.6 Å². The summed E-state index contributed by atoms with van der Waals surface area (Å²) in [5.41, 5.74) is 3.22. The Balaban J connectivity index is 1.61. The molecule has 3 N–H and O–H groups in total. The Kier molecular flexibility index (Phi) is 5.62. The number of aromatic nitrogens is 1. The number of carboxylic acid groups (broad SMARTS) is 1. The van der Waals surface area contributed by atoms with Crippen molar-refractivity contribution in [3.05, 3.63) is 35.2 Å². The Morgan fingerprint density at radius 2 is 1.93 bits per heavy atom. The Morgan fingerprint density at radius 1 is 1.22 bits per heavy atom. The van der Waals surface area contributed by atoms with Gasteiger partial charge in [-0.25, -0.2) is 4.98 Å². The highest BCUT2D eigenvalue weighted by atomic mass is 32.1. The van der Waals surface area contributed by atoms with Crippen LogP contribution in [0.25, 0.3) is 11.3 Å². The summed E-state index contributed by atoms with van der Waals surface area (Å²) in [6, 6.07) is 7.77. The molecule has 1 aromatic carbocycles. The number of carbonyl (C=O) groups is 2. The third-order valence-corrected chi connectivity index (χ3v) is 5.62. The molecule has 144 valence electrons. The Labute approximate surface area is 163 Å². The molecular formula is C20H25N3O3S. The SMILES string of the molecule is CC(C)(C)c1ccc(-c2csc(NC(=O)C3CCC(C(=O)O)NC3)n2)cc1. The van der Waals surface area contributed by atoms with Gasteiger partial charge in [0.2, 0.25) is 5.91 Å². The number of carboxylic acids is 1. The molecule has 2 unspecified atom stereocenters. The van der Waals surface area contributed by atoms with Crippen LogP contribution in [0, 0.1) is 5.92 Å². The highest BCUT2D eigenvalue weighted by Gasteiger charge is 2.29. The average molecular weight is 388 g/mol. The summed E-state index contributed by atoms with van der Waals surface area (Å²) in [4.78, 5) is 27.9. The zero-order valence-electron chi connectivity index (χ0n) is 15.8. The third-order valence-electron chi connectivity index (χ3n) is 4.86. The van der Waals surface area contributed by atoms with Gasteiger partial charge in [0.1, 0.15) is 6.04 Å². The summed E-state index contributed by atoms with van der Waals surface area (Å²) < 4.78 is 0. The van der Waals surface area contributed by atoms with E-state index >= 15 is 0 Å². The van der Waals surface area contributed by atoms with Crippen molar-refractivity contribution in [2.24, 2.45) is 5.92 Å².